The Hall–Kier alpha value is -2.04. The summed E-state index contributed by atoms with van der Waals surface area (Å²) >= 11 is 0. The Bertz CT molecular complexity index is 723. The van der Waals surface area contributed by atoms with E-state index in [2.05, 4.69) is 19.2 Å². The number of esters is 1. The van der Waals surface area contributed by atoms with Crippen molar-refractivity contribution < 1.29 is 14.3 Å². The largest absolute Gasteiger partial charge is 0.469 e. The number of likely N-dealkylation sites (tertiary alicyclic amines) is 1. The van der Waals surface area contributed by atoms with Crippen molar-refractivity contribution in [3.8, 4) is 0 Å². The lowest BCUT2D eigenvalue weighted by Crippen LogP contribution is -2.57. The third kappa shape index (κ3) is 2.87. The van der Waals surface area contributed by atoms with E-state index in [9.17, 15) is 9.59 Å². The lowest BCUT2D eigenvalue weighted by Gasteiger charge is -2.54. The Morgan fingerprint density at radius 3 is 2.38 bits per heavy atom. The van der Waals surface area contributed by atoms with Gasteiger partial charge in [0.2, 0.25) is 5.91 Å². The predicted molar refractivity (Wildman–Crippen MR) is 102 cm³/mol. The van der Waals surface area contributed by atoms with Crippen LogP contribution in [0.25, 0.3) is 0 Å². The van der Waals surface area contributed by atoms with Crippen molar-refractivity contribution in [2.24, 2.45) is 16.7 Å². The van der Waals surface area contributed by atoms with E-state index in [1.807, 2.05) is 49.9 Å². The fraction of sp³-hybridized carbons (Fsp3) is 0.619. The van der Waals surface area contributed by atoms with E-state index in [4.69, 9.17) is 4.74 Å². The molecule has 1 saturated heterocycles. The number of benzene rings is 1. The number of hydrogen-bond donors (Lipinski definition) is 1. The summed E-state index contributed by atoms with van der Waals surface area (Å²) in [5.41, 5.74) is 0.865. The molecular formula is C21H30N2O3. The number of rotatable bonds is 4. The number of carbonyl (C=O) groups is 2. The van der Waals surface area contributed by atoms with E-state index in [1.165, 1.54) is 12.7 Å². The standard InChI is InChI=1S/C21H30N2O3/c1-14-7-9-15(10-8-14)22-20(4,5)17(24)23-11-16-19(2,3)12-21(16,13-23)18(25)26-6/h7-10,16,22H,11-13H2,1-6H3/t16-,21+/m1/s1. The number of carbonyl (C=O) groups excluding carboxylic acids is 2. The number of amides is 1. The Kier molecular flexibility index (Phi) is 4.32. The lowest BCUT2D eigenvalue weighted by molar-refractivity contribution is -0.174. The van der Waals surface area contributed by atoms with Crippen LogP contribution >= 0.6 is 0 Å². The van der Waals surface area contributed by atoms with Crippen molar-refractivity contribution in [1.82, 2.24) is 4.90 Å². The molecule has 1 saturated carbocycles. The van der Waals surface area contributed by atoms with Gasteiger partial charge < -0.3 is 15.0 Å². The van der Waals surface area contributed by atoms with Crippen LogP contribution in [0.15, 0.2) is 24.3 Å². The summed E-state index contributed by atoms with van der Waals surface area (Å²) in [6.07, 6.45) is 0.771. The first-order valence-electron chi connectivity index (χ1n) is 9.24. The molecule has 142 valence electrons. The Morgan fingerprint density at radius 2 is 1.85 bits per heavy atom. The zero-order chi connectivity index (χ0) is 19.3. The number of hydrogen-bond acceptors (Lipinski definition) is 4. The molecule has 0 bridgehead atoms. The molecule has 3 rings (SSSR count). The van der Waals surface area contributed by atoms with Gasteiger partial charge in [0.1, 0.15) is 5.54 Å². The number of fused-ring (bicyclic) bond motifs is 1. The van der Waals surface area contributed by atoms with Crippen LogP contribution in [0, 0.1) is 23.7 Å². The first-order valence-corrected chi connectivity index (χ1v) is 9.24. The van der Waals surface area contributed by atoms with Gasteiger partial charge in [-0.1, -0.05) is 31.5 Å². The first kappa shape index (κ1) is 18.7. The molecule has 0 spiro atoms. The molecule has 1 heterocycles. The van der Waals surface area contributed by atoms with Gasteiger partial charge in [0.25, 0.3) is 0 Å². The highest BCUT2D eigenvalue weighted by molar-refractivity contribution is 5.90. The van der Waals surface area contributed by atoms with E-state index in [0.29, 0.717) is 13.1 Å². The lowest BCUT2D eigenvalue weighted by atomic mass is 9.48. The van der Waals surface area contributed by atoms with Crippen LogP contribution in [-0.4, -0.2) is 42.5 Å². The number of methoxy groups -OCH3 is 1. The highest BCUT2D eigenvalue weighted by atomic mass is 16.5. The monoisotopic (exact) mass is 358 g/mol. The maximum absolute atomic E-state index is 13.2. The number of aryl methyl sites for hydroxylation is 1. The topological polar surface area (TPSA) is 58.6 Å². The van der Waals surface area contributed by atoms with Crippen LogP contribution in [-0.2, 0) is 14.3 Å². The summed E-state index contributed by atoms with van der Waals surface area (Å²) in [4.78, 5) is 27.5. The molecule has 5 heteroatoms. The quantitative estimate of drug-likeness (QED) is 0.840. The maximum Gasteiger partial charge on any atom is 0.314 e. The molecule has 2 fully saturated rings. The molecule has 1 aromatic rings. The highest BCUT2D eigenvalue weighted by Crippen LogP contribution is 2.63. The molecule has 1 aromatic carbocycles. The summed E-state index contributed by atoms with van der Waals surface area (Å²) in [5, 5.41) is 3.34. The van der Waals surface area contributed by atoms with Gasteiger partial charge in [0, 0.05) is 18.8 Å². The van der Waals surface area contributed by atoms with Crippen LogP contribution in [0.5, 0.6) is 0 Å². The molecule has 5 nitrogen and oxygen atoms in total. The molecule has 1 amide bonds. The smallest absolute Gasteiger partial charge is 0.314 e. The van der Waals surface area contributed by atoms with Gasteiger partial charge in [-0.15, -0.1) is 0 Å². The third-order valence-electron chi connectivity index (χ3n) is 6.18. The van der Waals surface area contributed by atoms with Gasteiger partial charge in [-0.2, -0.15) is 0 Å². The normalized spacial score (nSPS) is 26.7. The van der Waals surface area contributed by atoms with Gasteiger partial charge in [0.05, 0.1) is 12.5 Å². The van der Waals surface area contributed by atoms with E-state index >= 15 is 0 Å². The average molecular weight is 358 g/mol. The maximum atomic E-state index is 13.2. The predicted octanol–water partition coefficient (Wildman–Crippen LogP) is 3.23. The zero-order valence-electron chi connectivity index (χ0n) is 16.7. The minimum Gasteiger partial charge on any atom is -0.469 e. The number of ether oxygens (including phenoxy) is 1. The number of nitrogens with one attached hydrogen (secondary N) is 1. The van der Waals surface area contributed by atoms with Crippen molar-refractivity contribution in [2.45, 2.75) is 46.6 Å². The average Bonchev–Trinajstić information content (AvgIpc) is 2.91. The van der Waals surface area contributed by atoms with E-state index in [-0.39, 0.29) is 23.2 Å². The summed E-state index contributed by atoms with van der Waals surface area (Å²) in [7, 11) is 1.44. The molecule has 0 radical (unpaired) electrons. The summed E-state index contributed by atoms with van der Waals surface area (Å²) in [6, 6.07) is 8.01. The number of anilines is 1. The van der Waals surface area contributed by atoms with Gasteiger partial charge in [-0.05, 0) is 50.7 Å². The van der Waals surface area contributed by atoms with Crippen LogP contribution in [0.3, 0.4) is 0 Å². The van der Waals surface area contributed by atoms with Gasteiger partial charge in [0.15, 0.2) is 0 Å². The van der Waals surface area contributed by atoms with Gasteiger partial charge in [-0.3, -0.25) is 9.59 Å². The fourth-order valence-corrected chi connectivity index (χ4v) is 4.97. The minimum absolute atomic E-state index is 0.0200. The molecular weight excluding hydrogens is 328 g/mol. The molecule has 1 aliphatic heterocycles. The second kappa shape index (κ2) is 6.00. The van der Waals surface area contributed by atoms with Crippen molar-refractivity contribution in [3.63, 3.8) is 0 Å². The zero-order valence-corrected chi connectivity index (χ0v) is 16.7. The molecule has 2 atom stereocenters. The van der Waals surface area contributed by atoms with Crippen LogP contribution in [0.2, 0.25) is 0 Å². The Labute approximate surface area is 156 Å². The van der Waals surface area contributed by atoms with Crippen molar-refractivity contribution in [2.75, 3.05) is 25.5 Å². The van der Waals surface area contributed by atoms with Crippen molar-refractivity contribution in [1.29, 1.82) is 0 Å². The highest BCUT2D eigenvalue weighted by Gasteiger charge is 2.68. The van der Waals surface area contributed by atoms with E-state index < -0.39 is 11.0 Å². The SMILES string of the molecule is COC(=O)[C@@]12CN(C(=O)C(C)(C)Nc3ccc(C)cc3)C[C@@H]1C(C)(C)C2. The summed E-state index contributed by atoms with van der Waals surface area (Å²) in [6.45, 7) is 11.2. The molecule has 26 heavy (non-hydrogen) atoms. The van der Waals surface area contributed by atoms with Crippen molar-refractivity contribution >= 4 is 17.6 Å². The fourth-order valence-electron chi connectivity index (χ4n) is 4.97. The molecule has 0 aromatic heterocycles. The van der Waals surface area contributed by atoms with Crippen molar-refractivity contribution in [3.05, 3.63) is 29.8 Å². The Morgan fingerprint density at radius 1 is 1.23 bits per heavy atom. The minimum atomic E-state index is -0.750. The van der Waals surface area contributed by atoms with E-state index in [1.54, 1.807) is 0 Å². The summed E-state index contributed by atoms with van der Waals surface area (Å²) in [5.74, 6) is -0.00504. The second-order valence-electron chi connectivity index (χ2n) is 9.17. The molecule has 2 aliphatic rings. The van der Waals surface area contributed by atoms with E-state index in [0.717, 1.165) is 12.1 Å². The van der Waals surface area contributed by atoms with Gasteiger partial charge in [-0.25, -0.2) is 0 Å². The van der Waals surface area contributed by atoms with Gasteiger partial charge >= 0.3 is 5.97 Å². The van der Waals surface area contributed by atoms with Crippen LogP contribution < -0.4 is 5.32 Å². The van der Waals surface area contributed by atoms with Crippen LogP contribution in [0.4, 0.5) is 5.69 Å². The number of nitrogens with zero attached hydrogens (tertiary/aromatic N) is 1. The third-order valence-corrected chi connectivity index (χ3v) is 6.18. The molecule has 1 aliphatic carbocycles. The molecule has 1 N–H and O–H groups in total. The first-order chi connectivity index (χ1) is 12.0. The molecule has 0 unspecified atom stereocenters. The Balaban J connectivity index is 1.77. The van der Waals surface area contributed by atoms with Crippen LogP contribution in [0.1, 0.15) is 39.7 Å². The second-order valence-corrected chi connectivity index (χ2v) is 9.17. The summed E-state index contributed by atoms with van der Waals surface area (Å²) < 4.78 is 5.08.